The van der Waals surface area contributed by atoms with E-state index in [-0.39, 0.29) is 11.6 Å². The lowest BCUT2D eigenvalue weighted by Crippen LogP contribution is -2.42. The summed E-state index contributed by atoms with van der Waals surface area (Å²) in [7, 11) is 0. The second-order valence-corrected chi connectivity index (χ2v) is 5.38. The molecule has 0 aliphatic heterocycles. The second-order valence-electron chi connectivity index (χ2n) is 5.38. The molecule has 0 bridgehead atoms. The van der Waals surface area contributed by atoms with Crippen LogP contribution in [0, 0.1) is 0 Å². The van der Waals surface area contributed by atoms with Gasteiger partial charge in [-0.1, -0.05) is 0 Å². The first kappa shape index (κ1) is 14.7. The van der Waals surface area contributed by atoms with E-state index in [0.29, 0.717) is 18.9 Å². The highest BCUT2D eigenvalue weighted by molar-refractivity contribution is 5.36. The molecule has 0 aliphatic carbocycles. The topological polar surface area (TPSA) is 58.4 Å². The van der Waals surface area contributed by atoms with Crippen molar-refractivity contribution in [1.82, 2.24) is 9.55 Å². The first-order chi connectivity index (χ1) is 8.26. The van der Waals surface area contributed by atoms with Crippen LogP contribution in [0.25, 0.3) is 0 Å². The molecule has 0 spiro atoms. The average Bonchev–Trinajstić information content (AvgIpc) is 2.25. The highest BCUT2D eigenvalue weighted by Crippen LogP contribution is 2.11. The van der Waals surface area contributed by atoms with Gasteiger partial charge in [-0.2, -0.15) is 0 Å². The van der Waals surface area contributed by atoms with E-state index >= 15 is 0 Å². The van der Waals surface area contributed by atoms with Gasteiger partial charge in [-0.3, -0.25) is 4.79 Å². The van der Waals surface area contributed by atoms with Crippen molar-refractivity contribution in [2.45, 2.75) is 46.3 Å². The summed E-state index contributed by atoms with van der Waals surface area (Å²) in [6, 6.07) is 0.0973. The molecule has 102 valence electrons. The fourth-order valence-electron chi connectivity index (χ4n) is 1.84. The molecular weight excluding hydrogens is 230 g/mol. The van der Waals surface area contributed by atoms with Crippen LogP contribution in [0.4, 0.5) is 5.82 Å². The van der Waals surface area contributed by atoms with Gasteiger partial charge in [-0.05, 0) is 34.6 Å². The molecule has 1 aromatic rings. The monoisotopic (exact) mass is 253 g/mol. The lowest BCUT2D eigenvalue weighted by atomic mass is 10.1. The minimum absolute atomic E-state index is 0.0973. The molecule has 0 atom stereocenters. The number of aromatic nitrogens is 2. The van der Waals surface area contributed by atoms with Gasteiger partial charge in [-0.25, -0.2) is 4.98 Å². The number of anilines is 1. The lowest BCUT2D eigenvalue weighted by molar-refractivity contribution is 0.0873. The third-order valence-corrected chi connectivity index (χ3v) is 2.67. The van der Waals surface area contributed by atoms with E-state index < -0.39 is 5.60 Å². The molecule has 1 N–H and O–H groups in total. The van der Waals surface area contributed by atoms with Crippen molar-refractivity contribution in [3.8, 4) is 0 Å². The molecule has 1 rings (SSSR count). The molecule has 0 radical (unpaired) electrons. The van der Waals surface area contributed by atoms with Crippen LogP contribution in [0.5, 0.6) is 0 Å². The molecule has 0 unspecified atom stereocenters. The maximum absolute atomic E-state index is 12.3. The summed E-state index contributed by atoms with van der Waals surface area (Å²) in [5.74, 6) is 0.399. The fraction of sp³-hybridized carbons (Fsp3) is 0.692. The Morgan fingerprint density at radius 3 is 2.56 bits per heavy atom. The van der Waals surface area contributed by atoms with Gasteiger partial charge in [0.1, 0.15) is 0 Å². The van der Waals surface area contributed by atoms with E-state index in [2.05, 4.69) is 4.98 Å². The molecule has 0 amide bonds. The summed E-state index contributed by atoms with van der Waals surface area (Å²) in [5, 5.41) is 9.87. The molecule has 5 heteroatoms. The summed E-state index contributed by atoms with van der Waals surface area (Å²) in [5.41, 5.74) is -0.971. The molecule has 1 aromatic heterocycles. The summed E-state index contributed by atoms with van der Waals surface area (Å²) in [6.45, 7) is 10.3. The SMILES string of the molecule is CCN(CC(C)(C)O)c1nccn(C(C)C)c1=O. The van der Waals surface area contributed by atoms with E-state index in [1.54, 1.807) is 35.7 Å². The number of nitrogens with zero attached hydrogens (tertiary/aromatic N) is 3. The molecule has 0 fully saturated rings. The normalized spacial score (nSPS) is 11.9. The van der Waals surface area contributed by atoms with E-state index in [4.69, 9.17) is 0 Å². The Morgan fingerprint density at radius 2 is 2.11 bits per heavy atom. The van der Waals surface area contributed by atoms with Crippen LogP contribution in [-0.2, 0) is 0 Å². The Hall–Kier alpha value is -1.36. The summed E-state index contributed by atoms with van der Waals surface area (Å²) < 4.78 is 1.65. The van der Waals surface area contributed by atoms with Crippen molar-refractivity contribution in [1.29, 1.82) is 0 Å². The van der Waals surface area contributed by atoms with Gasteiger partial charge in [0.2, 0.25) is 0 Å². The van der Waals surface area contributed by atoms with Gasteiger partial charge in [0.05, 0.1) is 5.60 Å². The molecule has 1 heterocycles. The Bertz CT molecular complexity index is 446. The zero-order valence-electron chi connectivity index (χ0n) is 11.8. The third-order valence-electron chi connectivity index (χ3n) is 2.67. The Labute approximate surface area is 108 Å². The highest BCUT2D eigenvalue weighted by atomic mass is 16.3. The van der Waals surface area contributed by atoms with Crippen molar-refractivity contribution < 1.29 is 5.11 Å². The molecule has 0 saturated heterocycles. The van der Waals surface area contributed by atoms with Crippen molar-refractivity contribution in [3.63, 3.8) is 0 Å². The van der Waals surface area contributed by atoms with Gasteiger partial charge < -0.3 is 14.6 Å². The molecule has 5 nitrogen and oxygen atoms in total. The van der Waals surface area contributed by atoms with Gasteiger partial charge in [0.15, 0.2) is 5.82 Å². The van der Waals surface area contributed by atoms with E-state index in [1.165, 1.54) is 0 Å². The van der Waals surface area contributed by atoms with Gasteiger partial charge >= 0.3 is 0 Å². The number of hydrogen-bond donors (Lipinski definition) is 1. The molecule has 18 heavy (non-hydrogen) atoms. The number of rotatable bonds is 5. The minimum Gasteiger partial charge on any atom is -0.389 e. The first-order valence-corrected chi connectivity index (χ1v) is 6.30. The van der Waals surface area contributed by atoms with E-state index in [9.17, 15) is 9.90 Å². The molecular formula is C13H23N3O2. The van der Waals surface area contributed by atoms with Crippen molar-refractivity contribution in [2.24, 2.45) is 0 Å². The highest BCUT2D eigenvalue weighted by Gasteiger charge is 2.21. The number of aliphatic hydroxyl groups is 1. The Kier molecular flexibility index (Phi) is 4.51. The first-order valence-electron chi connectivity index (χ1n) is 6.30. The molecule has 0 saturated carbocycles. The van der Waals surface area contributed by atoms with Gasteiger partial charge in [-0.15, -0.1) is 0 Å². The van der Waals surface area contributed by atoms with Crippen molar-refractivity contribution >= 4 is 5.82 Å². The zero-order chi connectivity index (χ0) is 13.9. The lowest BCUT2D eigenvalue weighted by Gasteiger charge is -2.28. The van der Waals surface area contributed by atoms with E-state index in [1.807, 2.05) is 20.8 Å². The molecule has 0 aliphatic rings. The van der Waals surface area contributed by atoms with Crippen LogP contribution in [0.15, 0.2) is 17.2 Å². The van der Waals surface area contributed by atoms with Crippen LogP contribution in [0.2, 0.25) is 0 Å². The van der Waals surface area contributed by atoms with Crippen LogP contribution < -0.4 is 10.5 Å². The quantitative estimate of drug-likeness (QED) is 0.862. The number of hydrogen-bond acceptors (Lipinski definition) is 4. The Morgan fingerprint density at radius 1 is 1.50 bits per heavy atom. The fourth-order valence-corrected chi connectivity index (χ4v) is 1.84. The second kappa shape index (κ2) is 5.52. The summed E-state index contributed by atoms with van der Waals surface area (Å²) in [4.78, 5) is 18.2. The third kappa shape index (κ3) is 3.57. The smallest absolute Gasteiger partial charge is 0.293 e. The van der Waals surface area contributed by atoms with Gasteiger partial charge in [0.25, 0.3) is 5.56 Å². The van der Waals surface area contributed by atoms with Crippen LogP contribution in [0.1, 0.15) is 40.7 Å². The average molecular weight is 253 g/mol. The summed E-state index contributed by atoms with van der Waals surface area (Å²) >= 11 is 0. The van der Waals surface area contributed by atoms with Crippen molar-refractivity contribution in [3.05, 3.63) is 22.7 Å². The number of likely N-dealkylation sites (N-methyl/N-ethyl adjacent to an activating group) is 1. The standard InChI is InChI=1S/C13H23N3O2/c1-6-15(9-13(4,5)18)11-12(17)16(10(2)3)8-7-14-11/h7-8,10,18H,6,9H2,1-5H3. The molecule has 0 aromatic carbocycles. The van der Waals surface area contributed by atoms with Crippen molar-refractivity contribution in [2.75, 3.05) is 18.0 Å². The maximum Gasteiger partial charge on any atom is 0.293 e. The van der Waals surface area contributed by atoms with E-state index in [0.717, 1.165) is 0 Å². The largest absolute Gasteiger partial charge is 0.389 e. The predicted octanol–water partition coefficient (Wildman–Crippen LogP) is 1.42. The van der Waals surface area contributed by atoms with Crippen LogP contribution in [0.3, 0.4) is 0 Å². The van der Waals surface area contributed by atoms with Gasteiger partial charge in [0, 0.05) is 31.5 Å². The predicted molar refractivity (Wildman–Crippen MR) is 73.1 cm³/mol. The van der Waals surface area contributed by atoms with Crippen LogP contribution >= 0.6 is 0 Å². The minimum atomic E-state index is -0.858. The maximum atomic E-state index is 12.3. The zero-order valence-corrected chi connectivity index (χ0v) is 11.8. The van der Waals surface area contributed by atoms with Crippen LogP contribution in [-0.4, -0.2) is 33.3 Å². The Balaban J connectivity index is 3.15. The summed E-state index contributed by atoms with van der Waals surface area (Å²) in [6.07, 6.45) is 3.32.